The lowest BCUT2D eigenvalue weighted by atomic mass is 9.81. The van der Waals surface area contributed by atoms with Crippen LogP contribution in [0.1, 0.15) is 36.6 Å². The Bertz CT molecular complexity index is 925. The number of ether oxygens (including phenoxy) is 6. The highest BCUT2D eigenvalue weighted by Crippen LogP contribution is 2.45. The van der Waals surface area contributed by atoms with Gasteiger partial charge in [0.1, 0.15) is 5.78 Å². The van der Waals surface area contributed by atoms with Gasteiger partial charge >= 0.3 is 0 Å². The molecule has 1 saturated heterocycles. The normalized spacial score (nSPS) is 20.5. The van der Waals surface area contributed by atoms with Gasteiger partial charge in [-0.2, -0.15) is 0 Å². The van der Waals surface area contributed by atoms with Crippen LogP contribution < -0.4 is 33.7 Å². The molecule has 1 fully saturated rings. The molecule has 0 spiro atoms. The minimum Gasteiger partial charge on any atom is -0.493 e. The van der Waals surface area contributed by atoms with Gasteiger partial charge in [0.2, 0.25) is 11.5 Å². The molecular weight excluding hydrogens is 414 g/mol. The van der Waals surface area contributed by atoms with Gasteiger partial charge in [-0.05, 0) is 35.4 Å². The van der Waals surface area contributed by atoms with Crippen molar-refractivity contribution in [2.45, 2.75) is 25.4 Å². The molecule has 3 unspecified atom stereocenters. The zero-order valence-electron chi connectivity index (χ0n) is 19.6. The number of hydrogen-bond donors (Lipinski definition) is 1. The van der Waals surface area contributed by atoms with Crippen LogP contribution in [-0.4, -0.2) is 48.4 Å². The molecule has 0 saturated carbocycles. The summed E-state index contributed by atoms with van der Waals surface area (Å²) < 4.78 is 32.9. The average molecular weight is 446 g/mol. The minimum atomic E-state index is -0.256. The molecule has 1 aliphatic heterocycles. The van der Waals surface area contributed by atoms with E-state index in [9.17, 15) is 4.79 Å². The fourth-order valence-corrected chi connectivity index (χ4v) is 4.18. The molecule has 0 amide bonds. The second-order valence-electron chi connectivity index (χ2n) is 7.57. The highest BCUT2D eigenvalue weighted by molar-refractivity contribution is 5.83. The molecule has 8 heteroatoms. The number of carbonyl (C=O) groups excluding carboxylic acids is 1. The van der Waals surface area contributed by atoms with Gasteiger partial charge in [-0.15, -0.1) is 0 Å². The molecule has 3 rings (SSSR count). The standard InChI is InChI=1S/C24H31NO7/c1-13-17(26)12-16(14-8-18(27-2)23(31-6)19(9-14)28-3)25-22(13)15-10-20(29-4)24(32-7)21(11-15)30-5/h8-11,13,16,22,25H,12H2,1-7H3. The van der Waals surface area contributed by atoms with Crippen LogP contribution in [0.2, 0.25) is 0 Å². The summed E-state index contributed by atoms with van der Waals surface area (Å²) in [6.07, 6.45) is 0.348. The van der Waals surface area contributed by atoms with E-state index in [1.54, 1.807) is 42.7 Å². The summed E-state index contributed by atoms with van der Waals surface area (Å²) in [6, 6.07) is 7.00. The van der Waals surface area contributed by atoms with Crippen LogP contribution in [-0.2, 0) is 4.79 Å². The maximum absolute atomic E-state index is 13.0. The first-order valence-corrected chi connectivity index (χ1v) is 10.3. The van der Waals surface area contributed by atoms with Crippen LogP contribution in [0.15, 0.2) is 24.3 Å². The Morgan fingerprint density at radius 2 is 1.09 bits per heavy atom. The Balaban J connectivity index is 2.04. The van der Waals surface area contributed by atoms with Gasteiger partial charge in [0.15, 0.2) is 23.0 Å². The Morgan fingerprint density at radius 1 is 0.688 bits per heavy atom. The number of rotatable bonds is 8. The van der Waals surface area contributed by atoms with Crippen LogP contribution in [0.5, 0.6) is 34.5 Å². The molecular formula is C24H31NO7. The Labute approximate surface area is 188 Å². The molecule has 3 atom stereocenters. The molecule has 2 aromatic carbocycles. The molecule has 1 aliphatic rings. The molecule has 0 radical (unpaired) electrons. The quantitative estimate of drug-likeness (QED) is 0.658. The largest absolute Gasteiger partial charge is 0.493 e. The fraction of sp³-hybridized carbons (Fsp3) is 0.458. The number of ketones is 1. The summed E-state index contributed by atoms with van der Waals surface area (Å²) in [5.74, 6) is 3.09. The Morgan fingerprint density at radius 3 is 1.47 bits per heavy atom. The van der Waals surface area contributed by atoms with E-state index in [1.807, 2.05) is 31.2 Å². The first-order valence-electron chi connectivity index (χ1n) is 10.3. The molecule has 32 heavy (non-hydrogen) atoms. The number of methoxy groups -OCH3 is 6. The molecule has 0 bridgehead atoms. The molecule has 2 aromatic rings. The lowest BCUT2D eigenvalue weighted by Crippen LogP contribution is -2.41. The smallest absolute Gasteiger partial charge is 0.203 e. The van der Waals surface area contributed by atoms with E-state index < -0.39 is 0 Å². The SMILES string of the molecule is COc1cc(C2CC(=O)C(C)C(c3cc(OC)c(OC)c(OC)c3)N2)cc(OC)c1OC. The first kappa shape index (κ1) is 23.5. The predicted octanol–water partition coefficient (Wildman–Crippen LogP) is 3.72. The van der Waals surface area contributed by atoms with Crippen LogP contribution in [0.25, 0.3) is 0 Å². The fourth-order valence-electron chi connectivity index (χ4n) is 4.18. The first-order chi connectivity index (χ1) is 15.4. The molecule has 8 nitrogen and oxygen atoms in total. The number of nitrogens with one attached hydrogen (secondary N) is 1. The van der Waals surface area contributed by atoms with Crippen molar-refractivity contribution >= 4 is 5.78 Å². The van der Waals surface area contributed by atoms with Crippen LogP contribution in [0, 0.1) is 5.92 Å². The molecule has 1 N–H and O–H groups in total. The third-order valence-corrected chi connectivity index (χ3v) is 5.93. The van der Waals surface area contributed by atoms with E-state index in [1.165, 1.54) is 0 Å². The average Bonchev–Trinajstić information content (AvgIpc) is 2.83. The number of Topliss-reactive ketones (excluding diaryl/α,β-unsaturated/α-hetero) is 1. The minimum absolute atomic E-state index is 0.154. The Kier molecular flexibility index (Phi) is 7.35. The van der Waals surface area contributed by atoms with Crippen molar-refractivity contribution in [2.75, 3.05) is 42.7 Å². The van der Waals surface area contributed by atoms with Gasteiger partial charge in [0.25, 0.3) is 0 Å². The third kappa shape index (κ3) is 4.27. The lowest BCUT2D eigenvalue weighted by molar-refractivity contribution is -0.126. The summed E-state index contributed by atoms with van der Waals surface area (Å²) in [5, 5.41) is 3.62. The van der Waals surface area contributed by atoms with Gasteiger partial charge in [0, 0.05) is 24.4 Å². The Hall–Kier alpha value is -3.13. The third-order valence-electron chi connectivity index (χ3n) is 5.93. The van der Waals surface area contributed by atoms with Gasteiger partial charge < -0.3 is 33.7 Å². The van der Waals surface area contributed by atoms with Crippen molar-refractivity contribution in [1.82, 2.24) is 5.32 Å². The maximum atomic E-state index is 13.0. The van der Waals surface area contributed by atoms with E-state index in [2.05, 4.69) is 5.32 Å². The summed E-state index contributed by atoms with van der Waals surface area (Å²) in [6.45, 7) is 1.93. The second kappa shape index (κ2) is 9.99. The highest BCUT2D eigenvalue weighted by atomic mass is 16.5. The summed E-state index contributed by atoms with van der Waals surface area (Å²) in [7, 11) is 9.41. The van der Waals surface area contributed by atoms with Crippen molar-refractivity contribution in [1.29, 1.82) is 0 Å². The summed E-state index contributed by atoms with van der Waals surface area (Å²) in [5.41, 5.74) is 1.75. The molecule has 0 aliphatic carbocycles. The molecule has 1 heterocycles. The van der Waals surface area contributed by atoms with E-state index in [0.29, 0.717) is 40.9 Å². The van der Waals surface area contributed by atoms with Crippen molar-refractivity contribution in [3.05, 3.63) is 35.4 Å². The number of carbonyl (C=O) groups is 1. The van der Waals surface area contributed by atoms with Crippen molar-refractivity contribution in [3.63, 3.8) is 0 Å². The number of piperidine rings is 1. The van der Waals surface area contributed by atoms with Gasteiger partial charge in [-0.3, -0.25) is 4.79 Å². The summed E-state index contributed by atoms with van der Waals surface area (Å²) >= 11 is 0. The van der Waals surface area contributed by atoms with Crippen LogP contribution in [0.4, 0.5) is 0 Å². The molecule has 174 valence electrons. The maximum Gasteiger partial charge on any atom is 0.203 e. The number of benzene rings is 2. The van der Waals surface area contributed by atoms with Crippen molar-refractivity contribution < 1.29 is 33.2 Å². The lowest BCUT2D eigenvalue weighted by Gasteiger charge is -2.36. The molecule has 0 aromatic heterocycles. The number of hydrogen-bond acceptors (Lipinski definition) is 8. The van der Waals surface area contributed by atoms with Crippen molar-refractivity contribution in [2.24, 2.45) is 5.92 Å². The zero-order valence-corrected chi connectivity index (χ0v) is 19.6. The zero-order chi connectivity index (χ0) is 23.4. The van der Waals surface area contributed by atoms with Gasteiger partial charge in [-0.25, -0.2) is 0 Å². The van der Waals surface area contributed by atoms with E-state index in [4.69, 9.17) is 28.4 Å². The van der Waals surface area contributed by atoms with E-state index >= 15 is 0 Å². The van der Waals surface area contributed by atoms with Gasteiger partial charge in [-0.1, -0.05) is 6.92 Å². The highest BCUT2D eigenvalue weighted by Gasteiger charge is 2.36. The van der Waals surface area contributed by atoms with Crippen LogP contribution in [0.3, 0.4) is 0 Å². The monoisotopic (exact) mass is 445 g/mol. The van der Waals surface area contributed by atoms with E-state index in [0.717, 1.165) is 11.1 Å². The summed E-state index contributed by atoms with van der Waals surface area (Å²) in [4.78, 5) is 13.0. The predicted molar refractivity (Wildman–Crippen MR) is 120 cm³/mol. The van der Waals surface area contributed by atoms with Crippen LogP contribution >= 0.6 is 0 Å². The van der Waals surface area contributed by atoms with E-state index in [-0.39, 0.29) is 23.8 Å². The second-order valence-corrected chi connectivity index (χ2v) is 7.57. The van der Waals surface area contributed by atoms with Gasteiger partial charge in [0.05, 0.1) is 42.7 Å². The van der Waals surface area contributed by atoms with Crippen molar-refractivity contribution in [3.8, 4) is 34.5 Å². The topological polar surface area (TPSA) is 84.5 Å².